The van der Waals surface area contributed by atoms with Gasteiger partial charge in [-0.3, -0.25) is 9.69 Å². The van der Waals surface area contributed by atoms with Crippen molar-refractivity contribution in [1.82, 2.24) is 9.80 Å². The molecule has 2 aliphatic heterocycles. The zero-order valence-corrected chi connectivity index (χ0v) is 17.5. The minimum atomic E-state index is -0.459. The van der Waals surface area contributed by atoms with Crippen LogP contribution in [0.25, 0.3) is 11.0 Å². The SMILES string of the molecule is CCc1cc(=O)oc2cc(C)cc(OCC(=O)N3CCN4C(=O)OCC4(CC)C3)c12. The first-order chi connectivity index (χ1) is 14.4. The molecule has 0 N–H and O–H groups in total. The van der Waals surface area contributed by atoms with Crippen LogP contribution in [-0.4, -0.2) is 60.2 Å². The zero-order valence-electron chi connectivity index (χ0n) is 17.5. The summed E-state index contributed by atoms with van der Waals surface area (Å²) in [6.07, 6.45) is 1.05. The Morgan fingerprint density at radius 2 is 2.00 bits per heavy atom. The number of hydrogen-bond acceptors (Lipinski definition) is 6. The molecule has 0 aliphatic carbocycles. The van der Waals surface area contributed by atoms with E-state index in [-0.39, 0.29) is 18.6 Å². The molecule has 8 nitrogen and oxygen atoms in total. The second-order valence-electron chi connectivity index (χ2n) is 7.97. The Hall–Kier alpha value is -3.03. The molecule has 2 fully saturated rings. The molecule has 2 amide bonds. The fourth-order valence-electron chi connectivity index (χ4n) is 4.37. The summed E-state index contributed by atoms with van der Waals surface area (Å²) in [5.41, 5.74) is 1.30. The van der Waals surface area contributed by atoms with E-state index in [0.29, 0.717) is 50.4 Å². The monoisotopic (exact) mass is 414 g/mol. The second kappa shape index (κ2) is 7.66. The number of piperazine rings is 1. The van der Waals surface area contributed by atoms with E-state index in [1.807, 2.05) is 26.8 Å². The Kier molecular flexibility index (Phi) is 5.17. The Morgan fingerprint density at radius 3 is 2.73 bits per heavy atom. The van der Waals surface area contributed by atoms with E-state index in [1.54, 1.807) is 15.9 Å². The average molecular weight is 414 g/mol. The first-order valence-electron chi connectivity index (χ1n) is 10.3. The van der Waals surface area contributed by atoms with E-state index >= 15 is 0 Å². The van der Waals surface area contributed by atoms with Gasteiger partial charge in [0.15, 0.2) is 6.61 Å². The highest BCUT2D eigenvalue weighted by Crippen LogP contribution is 2.33. The van der Waals surface area contributed by atoms with Crippen molar-refractivity contribution in [2.75, 3.05) is 32.8 Å². The van der Waals surface area contributed by atoms with Crippen LogP contribution in [0.5, 0.6) is 5.75 Å². The predicted octanol–water partition coefficient (Wildman–Crippen LogP) is 2.49. The minimum Gasteiger partial charge on any atom is -0.483 e. The van der Waals surface area contributed by atoms with Crippen molar-refractivity contribution in [1.29, 1.82) is 0 Å². The lowest BCUT2D eigenvalue weighted by Crippen LogP contribution is -2.62. The molecule has 2 saturated heterocycles. The molecule has 160 valence electrons. The highest BCUT2D eigenvalue weighted by atomic mass is 16.6. The van der Waals surface area contributed by atoms with E-state index in [9.17, 15) is 14.4 Å². The van der Waals surface area contributed by atoms with Crippen molar-refractivity contribution in [3.05, 3.63) is 39.7 Å². The highest BCUT2D eigenvalue weighted by Gasteiger charge is 2.50. The van der Waals surface area contributed by atoms with Gasteiger partial charge in [-0.25, -0.2) is 9.59 Å². The first-order valence-corrected chi connectivity index (χ1v) is 10.3. The van der Waals surface area contributed by atoms with Crippen molar-refractivity contribution in [2.45, 2.75) is 39.2 Å². The number of benzene rings is 1. The van der Waals surface area contributed by atoms with Crippen molar-refractivity contribution in [3.8, 4) is 5.75 Å². The van der Waals surface area contributed by atoms with Gasteiger partial charge >= 0.3 is 11.7 Å². The van der Waals surface area contributed by atoms with Crippen molar-refractivity contribution < 1.29 is 23.5 Å². The smallest absolute Gasteiger partial charge is 0.410 e. The summed E-state index contributed by atoms with van der Waals surface area (Å²) in [7, 11) is 0. The number of fused-ring (bicyclic) bond motifs is 2. The van der Waals surface area contributed by atoms with Crippen LogP contribution in [-0.2, 0) is 16.0 Å². The molecule has 1 unspecified atom stereocenters. The molecule has 4 rings (SSSR count). The lowest BCUT2D eigenvalue weighted by Gasteiger charge is -2.44. The second-order valence-corrected chi connectivity index (χ2v) is 7.97. The summed E-state index contributed by atoms with van der Waals surface area (Å²) in [6, 6.07) is 5.11. The van der Waals surface area contributed by atoms with E-state index in [1.165, 1.54) is 6.07 Å². The summed E-state index contributed by atoms with van der Waals surface area (Å²) in [5.74, 6) is 0.383. The molecule has 3 heterocycles. The molecule has 30 heavy (non-hydrogen) atoms. The van der Waals surface area contributed by atoms with Gasteiger partial charge in [-0.05, 0) is 43.0 Å². The van der Waals surface area contributed by atoms with Crippen LogP contribution in [0.15, 0.2) is 27.4 Å². The molecule has 1 atom stereocenters. The number of carbonyl (C=O) groups excluding carboxylic acids is 2. The molecule has 0 saturated carbocycles. The molecular formula is C22H26N2O6. The standard InChI is InChI=1S/C22H26N2O6/c1-4-15-10-19(26)30-17-9-14(3)8-16(20(15)17)28-11-18(25)23-6-7-24-21(27)29-13-22(24,5-2)12-23/h8-10H,4-7,11-13H2,1-3H3. The Morgan fingerprint density at radius 1 is 1.20 bits per heavy atom. The van der Waals surface area contributed by atoms with E-state index in [4.69, 9.17) is 13.9 Å². The van der Waals surface area contributed by atoms with Gasteiger partial charge in [0.1, 0.15) is 17.9 Å². The van der Waals surface area contributed by atoms with Crippen LogP contribution in [0.4, 0.5) is 4.79 Å². The van der Waals surface area contributed by atoms with Crippen molar-refractivity contribution >= 4 is 23.0 Å². The summed E-state index contributed by atoms with van der Waals surface area (Å²) in [4.78, 5) is 40.2. The van der Waals surface area contributed by atoms with Gasteiger partial charge in [-0.15, -0.1) is 0 Å². The molecule has 0 bridgehead atoms. The fourth-order valence-corrected chi connectivity index (χ4v) is 4.37. The number of carbonyl (C=O) groups is 2. The number of cyclic esters (lactones) is 1. The van der Waals surface area contributed by atoms with E-state index < -0.39 is 11.2 Å². The molecule has 1 aromatic heterocycles. The highest BCUT2D eigenvalue weighted by molar-refractivity contribution is 5.88. The summed E-state index contributed by atoms with van der Waals surface area (Å²) < 4.78 is 16.5. The normalized spacial score (nSPS) is 21.0. The van der Waals surface area contributed by atoms with Crippen LogP contribution < -0.4 is 10.4 Å². The summed E-state index contributed by atoms with van der Waals surface area (Å²) in [5, 5.41) is 0.722. The quantitative estimate of drug-likeness (QED) is 0.699. The summed E-state index contributed by atoms with van der Waals surface area (Å²) >= 11 is 0. The number of rotatable bonds is 5. The molecular weight excluding hydrogens is 388 g/mol. The van der Waals surface area contributed by atoms with Gasteiger partial charge in [0.2, 0.25) is 0 Å². The van der Waals surface area contributed by atoms with Crippen LogP contribution in [0.3, 0.4) is 0 Å². The number of nitrogens with zero attached hydrogens (tertiary/aromatic N) is 2. The predicted molar refractivity (Wildman–Crippen MR) is 110 cm³/mol. The average Bonchev–Trinajstić information content (AvgIpc) is 3.07. The van der Waals surface area contributed by atoms with Crippen molar-refractivity contribution in [2.24, 2.45) is 0 Å². The number of hydrogen-bond donors (Lipinski definition) is 0. The maximum absolute atomic E-state index is 12.9. The third-order valence-electron chi connectivity index (χ3n) is 6.11. The van der Waals surface area contributed by atoms with Gasteiger partial charge < -0.3 is 18.8 Å². The van der Waals surface area contributed by atoms with E-state index in [2.05, 4.69) is 0 Å². The molecule has 8 heteroatoms. The zero-order chi connectivity index (χ0) is 21.5. The first kappa shape index (κ1) is 20.3. The van der Waals surface area contributed by atoms with Crippen LogP contribution in [0, 0.1) is 6.92 Å². The third-order valence-corrected chi connectivity index (χ3v) is 6.11. The number of amides is 2. The number of ether oxygens (including phenoxy) is 2. The fraction of sp³-hybridized carbons (Fsp3) is 0.500. The van der Waals surface area contributed by atoms with Gasteiger partial charge in [0.05, 0.1) is 10.9 Å². The third kappa shape index (κ3) is 3.40. The minimum absolute atomic E-state index is 0.130. The lowest BCUT2D eigenvalue weighted by atomic mass is 9.93. The van der Waals surface area contributed by atoms with Gasteiger partial charge in [0.25, 0.3) is 5.91 Å². The van der Waals surface area contributed by atoms with E-state index in [0.717, 1.165) is 16.5 Å². The summed E-state index contributed by atoms with van der Waals surface area (Å²) in [6.45, 7) is 7.34. The molecule has 2 aromatic rings. The van der Waals surface area contributed by atoms with Crippen LogP contribution in [0.2, 0.25) is 0 Å². The molecule has 2 aliphatic rings. The Labute approximate surface area is 174 Å². The van der Waals surface area contributed by atoms with Gasteiger partial charge in [-0.2, -0.15) is 0 Å². The molecule has 0 spiro atoms. The topological polar surface area (TPSA) is 89.3 Å². The number of aryl methyl sites for hydroxylation is 2. The van der Waals surface area contributed by atoms with Crippen LogP contribution >= 0.6 is 0 Å². The van der Waals surface area contributed by atoms with Crippen molar-refractivity contribution in [3.63, 3.8) is 0 Å². The van der Waals surface area contributed by atoms with Gasteiger partial charge in [-0.1, -0.05) is 13.8 Å². The maximum Gasteiger partial charge on any atom is 0.410 e. The molecule has 0 radical (unpaired) electrons. The molecule has 1 aromatic carbocycles. The lowest BCUT2D eigenvalue weighted by molar-refractivity contribution is -0.137. The Bertz CT molecular complexity index is 1060. The van der Waals surface area contributed by atoms with Crippen LogP contribution in [0.1, 0.15) is 31.4 Å². The van der Waals surface area contributed by atoms with Gasteiger partial charge in [0, 0.05) is 25.7 Å². The Balaban J connectivity index is 1.54. The maximum atomic E-state index is 12.9. The largest absolute Gasteiger partial charge is 0.483 e.